The first-order valence-corrected chi connectivity index (χ1v) is 7.32. The molecule has 2 rings (SSSR count). The molecule has 4 heteroatoms. The predicted molar refractivity (Wildman–Crippen MR) is 86.0 cm³/mol. The van der Waals surface area contributed by atoms with Gasteiger partial charge in [-0.15, -0.1) is 0 Å². The fraction of sp³-hybridized carbons (Fsp3) is 0.235. The number of hydrogen-bond acceptors (Lipinski definition) is 2. The molecule has 0 saturated heterocycles. The van der Waals surface area contributed by atoms with Gasteiger partial charge in [-0.25, -0.2) is 0 Å². The van der Waals surface area contributed by atoms with Crippen molar-refractivity contribution in [1.29, 1.82) is 0 Å². The van der Waals surface area contributed by atoms with Crippen LogP contribution in [0.5, 0.6) is 5.75 Å². The number of benzene rings is 2. The van der Waals surface area contributed by atoms with Crippen LogP contribution in [0.3, 0.4) is 0 Å². The maximum Gasteiger partial charge on any atom is 0.224 e. The molecule has 21 heavy (non-hydrogen) atoms. The first-order valence-electron chi connectivity index (χ1n) is 6.94. The Bertz CT molecular complexity index is 579. The number of nitrogens with one attached hydrogen (secondary N) is 1. The minimum absolute atomic E-state index is 0.00814. The molecule has 0 bridgehead atoms. The summed E-state index contributed by atoms with van der Waals surface area (Å²) < 4.78 is 5.39. The summed E-state index contributed by atoms with van der Waals surface area (Å²) in [7, 11) is 0. The number of ether oxygens (including phenoxy) is 1. The number of amides is 1. The van der Waals surface area contributed by atoms with E-state index in [1.165, 1.54) is 0 Å². The largest absolute Gasteiger partial charge is 0.494 e. The second kappa shape index (κ2) is 7.70. The first-order chi connectivity index (χ1) is 10.2. The quantitative estimate of drug-likeness (QED) is 0.863. The van der Waals surface area contributed by atoms with E-state index >= 15 is 0 Å². The van der Waals surface area contributed by atoms with Crippen LogP contribution in [0.1, 0.15) is 18.9 Å². The van der Waals surface area contributed by atoms with Crippen LogP contribution in [0.15, 0.2) is 48.5 Å². The third-order valence-electron chi connectivity index (χ3n) is 3.00. The van der Waals surface area contributed by atoms with Crippen molar-refractivity contribution in [3.05, 3.63) is 59.1 Å². The maximum absolute atomic E-state index is 11.9. The molecular weight excluding hydrogens is 286 g/mol. The van der Waals surface area contributed by atoms with Gasteiger partial charge in [0.1, 0.15) is 5.75 Å². The van der Waals surface area contributed by atoms with Crippen LogP contribution in [0.4, 0.5) is 5.69 Å². The van der Waals surface area contributed by atoms with Crippen molar-refractivity contribution in [2.24, 2.45) is 0 Å². The Morgan fingerprint density at radius 2 is 1.76 bits per heavy atom. The van der Waals surface area contributed by atoms with Gasteiger partial charge in [-0.2, -0.15) is 0 Å². The highest BCUT2D eigenvalue weighted by atomic mass is 35.5. The zero-order valence-corrected chi connectivity index (χ0v) is 12.7. The molecule has 0 unspecified atom stereocenters. The van der Waals surface area contributed by atoms with Gasteiger partial charge in [-0.05, 0) is 55.3 Å². The first kappa shape index (κ1) is 15.4. The summed E-state index contributed by atoms with van der Waals surface area (Å²) in [5.41, 5.74) is 1.88. The Morgan fingerprint density at radius 1 is 1.10 bits per heavy atom. The van der Waals surface area contributed by atoms with Gasteiger partial charge in [0.25, 0.3) is 0 Å². The summed E-state index contributed by atoms with van der Waals surface area (Å²) in [5.74, 6) is 0.845. The van der Waals surface area contributed by atoms with Crippen molar-refractivity contribution >= 4 is 23.2 Å². The lowest BCUT2D eigenvalue weighted by Gasteiger charge is -2.06. The number of carbonyl (C=O) groups is 1. The number of halogens is 1. The topological polar surface area (TPSA) is 38.3 Å². The Hall–Kier alpha value is -2.00. The second-order valence-electron chi connectivity index (χ2n) is 4.63. The van der Waals surface area contributed by atoms with Gasteiger partial charge >= 0.3 is 0 Å². The van der Waals surface area contributed by atoms with Gasteiger partial charge in [0, 0.05) is 17.1 Å². The van der Waals surface area contributed by atoms with E-state index in [2.05, 4.69) is 5.32 Å². The van der Waals surface area contributed by atoms with E-state index in [9.17, 15) is 4.79 Å². The monoisotopic (exact) mass is 303 g/mol. The molecule has 2 aromatic carbocycles. The van der Waals surface area contributed by atoms with E-state index < -0.39 is 0 Å². The molecule has 2 aromatic rings. The molecule has 0 fully saturated rings. The van der Waals surface area contributed by atoms with Gasteiger partial charge in [-0.1, -0.05) is 23.7 Å². The molecule has 0 radical (unpaired) electrons. The SMILES string of the molecule is CCOc1ccc(CCC(=O)Nc2ccc(Cl)cc2)cc1. The molecule has 3 nitrogen and oxygen atoms in total. The molecule has 0 aromatic heterocycles. The number of rotatable bonds is 6. The highest BCUT2D eigenvalue weighted by Crippen LogP contribution is 2.15. The van der Waals surface area contributed by atoms with Crippen LogP contribution >= 0.6 is 11.6 Å². The zero-order chi connectivity index (χ0) is 15.1. The number of carbonyl (C=O) groups excluding carboxylic acids is 1. The summed E-state index contributed by atoms with van der Waals surface area (Å²) in [6.07, 6.45) is 1.14. The molecule has 0 aliphatic heterocycles. The molecule has 0 spiro atoms. The van der Waals surface area contributed by atoms with Crippen molar-refractivity contribution in [2.75, 3.05) is 11.9 Å². The zero-order valence-electron chi connectivity index (χ0n) is 11.9. The molecule has 0 aliphatic rings. The average molecular weight is 304 g/mol. The highest BCUT2D eigenvalue weighted by Gasteiger charge is 2.03. The smallest absolute Gasteiger partial charge is 0.224 e. The van der Waals surface area contributed by atoms with Crippen molar-refractivity contribution in [3.63, 3.8) is 0 Å². The van der Waals surface area contributed by atoms with Gasteiger partial charge in [0.15, 0.2) is 0 Å². The summed E-state index contributed by atoms with van der Waals surface area (Å²) in [6.45, 7) is 2.61. The van der Waals surface area contributed by atoms with Gasteiger partial charge in [0.05, 0.1) is 6.61 Å². The molecule has 0 aliphatic carbocycles. The molecule has 1 amide bonds. The van der Waals surface area contributed by atoms with E-state index in [0.29, 0.717) is 24.5 Å². The maximum atomic E-state index is 11.9. The van der Waals surface area contributed by atoms with Crippen molar-refractivity contribution in [3.8, 4) is 5.75 Å². The van der Waals surface area contributed by atoms with E-state index in [1.807, 2.05) is 31.2 Å². The highest BCUT2D eigenvalue weighted by molar-refractivity contribution is 6.30. The molecule has 110 valence electrons. The fourth-order valence-electron chi connectivity index (χ4n) is 1.93. The van der Waals surface area contributed by atoms with E-state index in [0.717, 1.165) is 17.0 Å². The normalized spacial score (nSPS) is 10.2. The van der Waals surface area contributed by atoms with E-state index in [1.54, 1.807) is 24.3 Å². The molecule has 0 heterocycles. The van der Waals surface area contributed by atoms with E-state index in [4.69, 9.17) is 16.3 Å². The summed E-state index contributed by atoms with van der Waals surface area (Å²) in [5, 5.41) is 3.50. The average Bonchev–Trinajstić information content (AvgIpc) is 2.49. The number of anilines is 1. The summed E-state index contributed by atoms with van der Waals surface area (Å²) >= 11 is 5.80. The standard InChI is InChI=1S/C17H18ClNO2/c1-2-21-16-10-3-13(4-11-16)5-12-17(20)19-15-8-6-14(18)7-9-15/h3-4,6-11H,2,5,12H2,1H3,(H,19,20). The third-order valence-corrected chi connectivity index (χ3v) is 3.26. The van der Waals surface area contributed by atoms with Crippen LogP contribution in [-0.2, 0) is 11.2 Å². The second-order valence-corrected chi connectivity index (χ2v) is 5.07. The van der Waals surface area contributed by atoms with E-state index in [-0.39, 0.29) is 5.91 Å². The molecule has 1 N–H and O–H groups in total. The third kappa shape index (κ3) is 5.12. The Balaban J connectivity index is 1.81. The summed E-state index contributed by atoms with van der Waals surface area (Å²) in [4.78, 5) is 11.9. The summed E-state index contributed by atoms with van der Waals surface area (Å²) in [6, 6.07) is 14.9. The molecule has 0 atom stereocenters. The number of hydrogen-bond donors (Lipinski definition) is 1. The lowest BCUT2D eigenvalue weighted by Crippen LogP contribution is -2.12. The minimum atomic E-state index is -0.00814. The Labute approximate surface area is 129 Å². The van der Waals surface area contributed by atoms with Crippen molar-refractivity contribution in [1.82, 2.24) is 0 Å². The van der Waals surface area contributed by atoms with Crippen LogP contribution in [0.2, 0.25) is 5.02 Å². The van der Waals surface area contributed by atoms with Crippen LogP contribution in [-0.4, -0.2) is 12.5 Å². The van der Waals surface area contributed by atoms with Crippen LogP contribution in [0, 0.1) is 0 Å². The van der Waals surface area contributed by atoms with Crippen LogP contribution < -0.4 is 10.1 Å². The lowest BCUT2D eigenvalue weighted by atomic mass is 10.1. The molecule has 0 saturated carbocycles. The predicted octanol–water partition coefficient (Wildman–Crippen LogP) is 4.31. The Kier molecular flexibility index (Phi) is 5.64. The van der Waals surface area contributed by atoms with Crippen LogP contribution in [0.25, 0.3) is 0 Å². The number of aryl methyl sites for hydroxylation is 1. The van der Waals surface area contributed by atoms with Crippen molar-refractivity contribution < 1.29 is 9.53 Å². The van der Waals surface area contributed by atoms with Gasteiger partial charge in [-0.3, -0.25) is 4.79 Å². The minimum Gasteiger partial charge on any atom is -0.494 e. The Morgan fingerprint density at radius 3 is 2.38 bits per heavy atom. The van der Waals surface area contributed by atoms with Gasteiger partial charge < -0.3 is 10.1 Å². The van der Waals surface area contributed by atoms with Gasteiger partial charge in [0.2, 0.25) is 5.91 Å². The molecular formula is C17H18ClNO2. The lowest BCUT2D eigenvalue weighted by molar-refractivity contribution is -0.116. The fourth-order valence-corrected chi connectivity index (χ4v) is 2.06. The van der Waals surface area contributed by atoms with Crippen molar-refractivity contribution in [2.45, 2.75) is 19.8 Å².